The minimum atomic E-state index is -0.565. The molecule has 0 amide bonds. The summed E-state index contributed by atoms with van der Waals surface area (Å²) in [5.74, 6) is -0.446. The fourth-order valence-electron chi connectivity index (χ4n) is 6.30. The first kappa shape index (κ1) is 55.1. The molecule has 0 aromatic rings. The van der Waals surface area contributed by atoms with Gasteiger partial charge in [0, 0.05) is 19.4 Å². The highest BCUT2D eigenvalue weighted by atomic mass is 16.6. The maximum absolute atomic E-state index is 12.7. The van der Waals surface area contributed by atoms with Crippen molar-refractivity contribution in [1.29, 1.82) is 0 Å². The number of hydrogen-bond donors (Lipinski definition) is 0. The second-order valence-electron chi connectivity index (χ2n) is 15.6. The highest BCUT2D eigenvalue weighted by Crippen LogP contribution is 2.12. The molecule has 0 spiro atoms. The molecule has 1 atom stereocenters. The first-order chi connectivity index (χ1) is 28.6. The van der Waals surface area contributed by atoms with Crippen LogP contribution < -0.4 is 0 Å². The number of esters is 2. The second-order valence-corrected chi connectivity index (χ2v) is 15.6. The van der Waals surface area contributed by atoms with E-state index in [1.807, 2.05) is 0 Å². The molecule has 0 fully saturated rings. The molecule has 0 aliphatic carbocycles. The largest absolute Gasteiger partial charge is 0.462 e. The molecule has 0 radical (unpaired) electrons. The van der Waals surface area contributed by atoms with E-state index in [0.717, 1.165) is 116 Å². The quantitative estimate of drug-likeness (QED) is 0.0349. The molecular weight excluding hydrogens is 717 g/mol. The summed E-state index contributed by atoms with van der Waals surface area (Å²) in [5, 5.41) is 0. The van der Waals surface area contributed by atoms with Crippen LogP contribution in [-0.4, -0.2) is 37.9 Å². The Labute approximate surface area is 359 Å². The summed E-state index contributed by atoms with van der Waals surface area (Å²) in [4.78, 5) is 25.3. The summed E-state index contributed by atoms with van der Waals surface area (Å²) >= 11 is 0. The molecule has 58 heavy (non-hydrogen) atoms. The Morgan fingerprint density at radius 2 is 0.810 bits per heavy atom. The first-order valence-corrected chi connectivity index (χ1v) is 24.1. The number of ether oxygens (including phenoxy) is 3. The summed E-state index contributed by atoms with van der Waals surface area (Å²) in [5.41, 5.74) is 0. The number of rotatable bonds is 43. The Kier molecular flexibility index (Phi) is 46.0. The standard InChI is InChI=1S/C53H90O5/c1-4-7-10-13-16-19-22-25-26-27-30-33-36-39-42-45-48-56-49-51(58-53(55)47-44-41-38-35-32-29-24-21-18-15-12-9-6-3)50-57-52(54)46-43-40-37-34-31-28-23-20-17-14-11-8-5-2/h7,10-11,14,16,19-21,23-26,30,33,51H,4-6,8-9,12-13,15,17-18,22,27-29,31-32,34-50H2,1-3H3/b10-7-,14-11-,19-16-,23-20-,24-21-,26-25-,33-30-. The van der Waals surface area contributed by atoms with Gasteiger partial charge in [-0.05, 0) is 109 Å². The van der Waals surface area contributed by atoms with Crippen LogP contribution in [0.5, 0.6) is 0 Å². The number of carbonyl (C=O) groups is 2. The van der Waals surface area contributed by atoms with Crippen LogP contribution in [0, 0.1) is 0 Å². The van der Waals surface area contributed by atoms with E-state index in [-0.39, 0.29) is 25.2 Å². The third-order valence-electron chi connectivity index (χ3n) is 9.87. The predicted octanol–water partition coefficient (Wildman–Crippen LogP) is 16.1. The van der Waals surface area contributed by atoms with Crippen molar-refractivity contribution in [3.63, 3.8) is 0 Å². The van der Waals surface area contributed by atoms with Gasteiger partial charge in [-0.25, -0.2) is 0 Å². The number of carbonyl (C=O) groups excluding carboxylic acids is 2. The van der Waals surface area contributed by atoms with Crippen LogP contribution >= 0.6 is 0 Å². The van der Waals surface area contributed by atoms with E-state index < -0.39 is 6.10 Å². The fraction of sp³-hybridized carbons (Fsp3) is 0.698. The van der Waals surface area contributed by atoms with E-state index in [1.165, 1.54) is 64.2 Å². The van der Waals surface area contributed by atoms with Crippen LogP contribution in [0.1, 0.15) is 213 Å². The summed E-state index contributed by atoms with van der Waals surface area (Å²) in [6.07, 6.45) is 63.0. The molecule has 0 aromatic carbocycles. The molecule has 5 nitrogen and oxygen atoms in total. The van der Waals surface area contributed by atoms with Crippen LogP contribution in [0.3, 0.4) is 0 Å². The third kappa shape index (κ3) is 45.8. The smallest absolute Gasteiger partial charge is 0.306 e. The van der Waals surface area contributed by atoms with Crippen molar-refractivity contribution in [2.24, 2.45) is 0 Å². The molecule has 0 saturated heterocycles. The summed E-state index contributed by atoms with van der Waals surface area (Å²) in [7, 11) is 0. The zero-order chi connectivity index (χ0) is 42.1. The van der Waals surface area contributed by atoms with Crippen LogP contribution in [0.2, 0.25) is 0 Å². The lowest BCUT2D eigenvalue weighted by Gasteiger charge is -2.18. The molecule has 0 bridgehead atoms. The summed E-state index contributed by atoms with van der Waals surface area (Å²) < 4.78 is 17.3. The Morgan fingerprint density at radius 1 is 0.397 bits per heavy atom. The molecule has 0 heterocycles. The number of unbranched alkanes of at least 4 members (excludes halogenated alkanes) is 18. The van der Waals surface area contributed by atoms with Gasteiger partial charge in [-0.2, -0.15) is 0 Å². The molecule has 0 aliphatic rings. The molecule has 5 heteroatoms. The van der Waals surface area contributed by atoms with Crippen molar-refractivity contribution in [3.05, 3.63) is 85.1 Å². The SMILES string of the molecule is CC/C=C\C/C=C\C/C=C\C/C=C\CCCCCOCC(COC(=O)CCCCCCC/C=C\C/C=C\CCC)OC(=O)CCCCCCC/C=C\CCCCCC. The molecule has 0 N–H and O–H groups in total. The van der Waals surface area contributed by atoms with E-state index in [4.69, 9.17) is 14.2 Å². The van der Waals surface area contributed by atoms with Gasteiger partial charge in [0.05, 0.1) is 6.61 Å². The average molecular weight is 807 g/mol. The molecule has 1 unspecified atom stereocenters. The Bertz CT molecular complexity index is 1090. The van der Waals surface area contributed by atoms with E-state index >= 15 is 0 Å². The topological polar surface area (TPSA) is 61.8 Å². The van der Waals surface area contributed by atoms with E-state index in [0.29, 0.717) is 19.4 Å². The van der Waals surface area contributed by atoms with Gasteiger partial charge in [-0.1, -0.05) is 176 Å². The molecule has 332 valence electrons. The van der Waals surface area contributed by atoms with Crippen LogP contribution in [0.4, 0.5) is 0 Å². The lowest BCUT2D eigenvalue weighted by molar-refractivity contribution is -0.163. The zero-order valence-corrected chi connectivity index (χ0v) is 38.0. The van der Waals surface area contributed by atoms with Gasteiger partial charge in [-0.15, -0.1) is 0 Å². The van der Waals surface area contributed by atoms with Gasteiger partial charge in [0.25, 0.3) is 0 Å². The molecule has 0 rings (SSSR count). The van der Waals surface area contributed by atoms with Crippen molar-refractivity contribution < 1.29 is 23.8 Å². The number of hydrogen-bond acceptors (Lipinski definition) is 5. The minimum absolute atomic E-state index is 0.0580. The molecular formula is C53H90O5. The first-order valence-electron chi connectivity index (χ1n) is 24.1. The van der Waals surface area contributed by atoms with Crippen molar-refractivity contribution in [2.75, 3.05) is 19.8 Å². The lowest BCUT2D eigenvalue weighted by atomic mass is 10.1. The molecule has 0 saturated carbocycles. The van der Waals surface area contributed by atoms with Gasteiger partial charge in [0.15, 0.2) is 6.10 Å². The van der Waals surface area contributed by atoms with E-state index in [9.17, 15) is 9.59 Å². The Balaban J connectivity index is 4.37. The van der Waals surface area contributed by atoms with Crippen LogP contribution in [-0.2, 0) is 23.8 Å². The predicted molar refractivity (Wildman–Crippen MR) is 251 cm³/mol. The van der Waals surface area contributed by atoms with Crippen LogP contribution in [0.15, 0.2) is 85.1 Å². The second kappa shape index (κ2) is 48.4. The maximum Gasteiger partial charge on any atom is 0.306 e. The van der Waals surface area contributed by atoms with Crippen molar-refractivity contribution >= 4 is 11.9 Å². The average Bonchev–Trinajstić information content (AvgIpc) is 3.22. The highest BCUT2D eigenvalue weighted by Gasteiger charge is 2.17. The van der Waals surface area contributed by atoms with Crippen molar-refractivity contribution in [1.82, 2.24) is 0 Å². The van der Waals surface area contributed by atoms with E-state index in [1.54, 1.807) is 0 Å². The highest BCUT2D eigenvalue weighted by molar-refractivity contribution is 5.70. The Hall–Kier alpha value is -2.92. The normalized spacial score (nSPS) is 12.9. The zero-order valence-electron chi connectivity index (χ0n) is 38.0. The molecule has 0 aliphatic heterocycles. The van der Waals surface area contributed by atoms with Gasteiger partial charge in [-0.3, -0.25) is 9.59 Å². The Morgan fingerprint density at radius 3 is 1.33 bits per heavy atom. The molecule has 0 aromatic heterocycles. The van der Waals surface area contributed by atoms with Gasteiger partial charge in [0.1, 0.15) is 6.61 Å². The van der Waals surface area contributed by atoms with Gasteiger partial charge in [0.2, 0.25) is 0 Å². The summed E-state index contributed by atoms with van der Waals surface area (Å²) in [6, 6.07) is 0. The fourth-order valence-corrected chi connectivity index (χ4v) is 6.30. The van der Waals surface area contributed by atoms with Crippen LogP contribution in [0.25, 0.3) is 0 Å². The van der Waals surface area contributed by atoms with Crippen molar-refractivity contribution in [3.8, 4) is 0 Å². The third-order valence-corrected chi connectivity index (χ3v) is 9.87. The monoisotopic (exact) mass is 807 g/mol. The van der Waals surface area contributed by atoms with Gasteiger partial charge < -0.3 is 14.2 Å². The maximum atomic E-state index is 12.7. The lowest BCUT2D eigenvalue weighted by Crippen LogP contribution is -2.30. The van der Waals surface area contributed by atoms with E-state index in [2.05, 4.69) is 106 Å². The van der Waals surface area contributed by atoms with Gasteiger partial charge >= 0.3 is 11.9 Å². The number of allylic oxidation sites excluding steroid dienone is 14. The minimum Gasteiger partial charge on any atom is -0.462 e. The van der Waals surface area contributed by atoms with Crippen molar-refractivity contribution in [2.45, 2.75) is 219 Å². The summed E-state index contributed by atoms with van der Waals surface area (Å²) in [6.45, 7) is 7.53.